The molecule has 7 nitrogen and oxygen atoms in total. The first-order valence-corrected chi connectivity index (χ1v) is 8.55. The number of hydrogen-bond acceptors (Lipinski definition) is 5. The second-order valence-corrected chi connectivity index (χ2v) is 6.11. The lowest BCUT2D eigenvalue weighted by atomic mass is 10.1. The standard InChI is InChI=1S/C20H18N2O5/c1-2-25-20(24)14-10-22(15-6-4-3-5-13(14)15)18(19(21)23)12-7-8-16-17(9-12)27-11-26-16/h3-10,18H,2,11H2,1H3,(H2,21,23). The van der Waals surface area contributed by atoms with Gasteiger partial charge in [0.15, 0.2) is 11.5 Å². The second kappa shape index (κ2) is 6.68. The molecule has 2 N–H and O–H groups in total. The molecule has 2 heterocycles. The van der Waals surface area contributed by atoms with Crippen LogP contribution in [0.15, 0.2) is 48.7 Å². The molecule has 2 aromatic carbocycles. The minimum absolute atomic E-state index is 0.138. The van der Waals surface area contributed by atoms with E-state index in [-0.39, 0.29) is 13.4 Å². The van der Waals surface area contributed by atoms with Gasteiger partial charge in [0.2, 0.25) is 12.7 Å². The van der Waals surface area contributed by atoms with Crippen LogP contribution in [0, 0.1) is 0 Å². The molecule has 0 spiro atoms. The molecule has 0 saturated heterocycles. The summed E-state index contributed by atoms with van der Waals surface area (Å²) in [5.41, 5.74) is 7.47. The van der Waals surface area contributed by atoms with E-state index in [1.807, 2.05) is 24.3 Å². The van der Waals surface area contributed by atoms with Gasteiger partial charge in [-0.1, -0.05) is 24.3 Å². The van der Waals surface area contributed by atoms with Crippen molar-refractivity contribution in [2.75, 3.05) is 13.4 Å². The van der Waals surface area contributed by atoms with E-state index in [0.29, 0.717) is 33.5 Å². The minimum Gasteiger partial charge on any atom is -0.462 e. The van der Waals surface area contributed by atoms with E-state index in [2.05, 4.69) is 0 Å². The number of para-hydroxylation sites is 1. The van der Waals surface area contributed by atoms with Crippen molar-refractivity contribution in [2.45, 2.75) is 13.0 Å². The fraction of sp³-hybridized carbons (Fsp3) is 0.200. The van der Waals surface area contributed by atoms with Gasteiger partial charge < -0.3 is 24.5 Å². The molecule has 1 unspecified atom stereocenters. The van der Waals surface area contributed by atoms with E-state index in [0.717, 1.165) is 0 Å². The van der Waals surface area contributed by atoms with Crippen molar-refractivity contribution in [3.63, 3.8) is 0 Å². The van der Waals surface area contributed by atoms with Gasteiger partial charge in [0, 0.05) is 17.1 Å². The number of primary amides is 1. The van der Waals surface area contributed by atoms with Crippen molar-refractivity contribution in [3.8, 4) is 11.5 Å². The highest BCUT2D eigenvalue weighted by atomic mass is 16.7. The Morgan fingerprint density at radius 1 is 1.19 bits per heavy atom. The Hall–Kier alpha value is -3.48. The Bertz CT molecular complexity index is 1040. The van der Waals surface area contributed by atoms with Crippen LogP contribution in [-0.2, 0) is 9.53 Å². The van der Waals surface area contributed by atoms with Crippen LogP contribution in [0.5, 0.6) is 11.5 Å². The largest absolute Gasteiger partial charge is 0.462 e. The third-order valence-electron chi connectivity index (χ3n) is 4.50. The molecule has 3 aromatic rings. The van der Waals surface area contributed by atoms with Gasteiger partial charge in [-0.05, 0) is 30.7 Å². The molecule has 1 aliphatic heterocycles. The summed E-state index contributed by atoms with van der Waals surface area (Å²) in [4.78, 5) is 24.7. The highest BCUT2D eigenvalue weighted by Crippen LogP contribution is 2.36. The van der Waals surface area contributed by atoms with E-state index in [1.165, 1.54) is 0 Å². The quantitative estimate of drug-likeness (QED) is 0.701. The van der Waals surface area contributed by atoms with Crippen LogP contribution < -0.4 is 15.2 Å². The summed E-state index contributed by atoms with van der Waals surface area (Å²) in [6.07, 6.45) is 1.61. The van der Waals surface area contributed by atoms with Crippen molar-refractivity contribution < 1.29 is 23.8 Å². The fourth-order valence-electron chi connectivity index (χ4n) is 3.34. The summed E-state index contributed by atoms with van der Waals surface area (Å²) in [7, 11) is 0. The molecule has 1 aromatic heterocycles. The van der Waals surface area contributed by atoms with Crippen LogP contribution >= 0.6 is 0 Å². The number of carbonyl (C=O) groups excluding carboxylic acids is 2. The molecule has 1 aliphatic rings. The van der Waals surface area contributed by atoms with Crippen molar-refractivity contribution in [1.82, 2.24) is 4.57 Å². The van der Waals surface area contributed by atoms with E-state index in [9.17, 15) is 9.59 Å². The maximum Gasteiger partial charge on any atom is 0.340 e. The van der Waals surface area contributed by atoms with Gasteiger partial charge in [-0.15, -0.1) is 0 Å². The van der Waals surface area contributed by atoms with Crippen LogP contribution in [0.3, 0.4) is 0 Å². The first-order chi connectivity index (χ1) is 13.1. The Labute approximate surface area is 155 Å². The van der Waals surface area contributed by atoms with E-state index in [4.69, 9.17) is 19.9 Å². The molecular weight excluding hydrogens is 348 g/mol. The van der Waals surface area contributed by atoms with Gasteiger partial charge in [-0.25, -0.2) is 4.79 Å². The van der Waals surface area contributed by atoms with Gasteiger partial charge >= 0.3 is 5.97 Å². The van der Waals surface area contributed by atoms with E-state index >= 15 is 0 Å². The summed E-state index contributed by atoms with van der Waals surface area (Å²) in [5, 5.41) is 0.697. The summed E-state index contributed by atoms with van der Waals surface area (Å²) in [6, 6.07) is 11.7. The molecule has 0 saturated carbocycles. The first kappa shape index (κ1) is 17.0. The third kappa shape index (κ3) is 2.87. The van der Waals surface area contributed by atoms with Crippen LogP contribution in [-0.4, -0.2) is 29.8 Å². The van der Waals surface area contributed by atoms with E-state index < -0.39 is 17.9 Å². The number of esters is 1. The van der Waals surface area contributed by atoms with Gasteiger partial charge in [0.1, 0.15) is 6.04 Å². The minimum atomic E-state index is -0.812. The first-order valence-electron chi connectivity index (χ1n) is 8.55. The molecule has 0 fully saturated rings. The van der Waals surface area contributed by atoms with Gasteiger partial charge in [0.05, 0.1) is 12.2 Å². The van der Waals surface area contributed by atoms with Gasteiger partial charge in [-0.3, -0.25) is 4.79 Å². The number of carbonyl (C=O) groups is 2. The molecule has 27 heavy (non-hydrogen) atoms. The number of nitrogens with zero attached hydrogens (tertiary/aromatic N) is 1. The third-order valence-corrected chi connectivity index (χ3v) is 4.50. The summed E-state index contributed by atoms with van der Waals surface area (Å²) < 4.78 is 17.6. The lowest BCUT2D eigenvalue weighted by Gasteiger charge is -2.17. The Morgan fingerprint density at radius 3 is 2.74 bits per heavy atom. The second-order valence-electron chi connectivity index (χ2n) is 6.11. The van der Waals surface area contributed by atoms with Crippen molar-refractivity contribution in [2.24, 2.45) is 5.73 Å². The van der Waals surface area contributed by atoms with Gasteiger partial charge in [-0.2, -0.15) is 0 Å². The van der Waals surface area contributed by atoms with Crippen molar-refractivity contribution in [1.29, 1.82) is 0 Å². The Morgan fingerprint density at radius 2 is 1.96 bits per heavy atom. The summed E-state index contributed by atoms with van der Waals surface area (Å²) in [5.74, 6) is 0.179. The number of ether oxygens (including phenoxy) is 3. The SMILES string of the molecule is CCOC(=O)c1cn(C(C(N)=O)c2ccc3c(c2)OCO3)c2ccccc12. The molecule has 0 bridgehead atoms. The Kier molecular flexibility index (Phi) is 4.19. The number of hydrogen-bond donors (Lipinski definition) is 1. The average molecular weight is 366 g/mol. The molecular formula is C20H18N2O5. The molecule has 0 aliphatic carbocycles. The molecule has 4 rings (SSSR count). The smallest absolute Gasteiger partial charge is 0.340 e. The average Bonchev–Trinajstić information content (AvgIpc) is 3.27. The zero-order valence-electron chi connectivity index (χ0n) is 14.7. The van der Waals surface area contributed by atoms with Crippen LogP contribution in [0.4, 0.5) is 0 Å². The number of nitrogens with two attached hydrogens (primary N) is 1. The van der Waals surface area contributed by atoms with Crippen molar-refractivity contribution >= 4 is 22.8 Å². The predicted octanol–water partition coefficient (Wildman–Crippen LogP) is 2.62. The summed E-state index contributed by atoms with van der Waals surface area (Å²) in [6.45, 7) is 2.15. The number of rotatable bonds is 5. The molecule has 138 valence electrons. The molecule has 0 radical (unpaired) electrons. The number of fused-ring (bicyclic) bond motifs is 2. The maximum atomic E-state index is 12.4. The molecule has 1 atom stereocenters. The topological polar surface area (TPSA) is 92.8 Å². The maximum absolute atomic E-state index is 12.4. The molecule has 1 amide bonds. The number of benzene rings is 2. The van der Waals surface area contributed by atoms with E-state index in [1.54, 1.807) is 35.9 Å². The van der Waals surface area contributed by atoms with Gasteiger partial charge in [0.25, 0.3) is 0 Å². The predicted molar refractivity (Wildman–Crippen MR) is 97.8 cm³/mol. The zero-order valence-corrected chi connectivity index (χ0v) is 14.7. The monoisotopic (exact) mass is 366 g/mol. The summed E-state index contributed by atoms with van der Waals surface area (Å²) >= 11 is 0. The zero-order chi connectivity index (χ0) is 19.0. The van der Waals surface area contributed by atoms with Crippen LogP contribution in [0.1, 0.15) is 28.9 Å². The highest BCUT2D eigenvalue weighted by molar-refractivity contribution is 6.05. The molecule has 7 heteroatoms. The van der Waals surface area contributed by atoms with Crippen LogP contribution in [0.2, 0.25) is 0 Å². The Balaban J connectivity index is 1.88. The number of amides is 1. The van der Waals surface area contributed by atoms with Crippen LogP contribution in [0.25, 0.3) is 10.9 Å². The normalized spacial score (nSPS) is 13.5. The lowest BCUT2D eigenvalue weighted by molar-refractivity contribution is -0.120. The lowest BCUT2D eigenvalue weighted by Crippen LogP contribution is -2.27. The number of aromatic nitrogens is 1. The fourth-order valence-corrected chi connectivity index (χ4v) is 3.34. The highest BCUT2D eigenvalue weighted by Gasteiger charge is 2.27. The van der Waals surface area contributed by atoms with Crippen molar-refractivity contribution in [3.05, 3.63) is 59.8 Å².